The molecule has 10 fully saturated rings. The number of carboxylic acids is 2. The van der Waals surface area contributed by atoms with Gasteiger partial charge >= 0.3 is 18.2 Å². The van der Waals surface area contributed by atoms with Gasteiger partial charge in [-0.15, -0.1) is 40.0 Å². The van der Waals surface area contributed by atoms with Crippen LogP contribution in [0.1, 0.15) is 190 Å². The van der Waals surface area contributed by atoms with Crippen molar-refractivity contribution in [3.63, 3.8) is 0 Å². The molecular formula is C97H140Cl6N14O16S. The van der Waals surface area contributed by atoms with Crippen LogP contribution in [0, 0.1) is 39.0 Å². The van der Waals surface area contributed by atoms with Crippen LogP contribution >= 0.6 is 83.0 Å². The number of nitrogens with zero attached hydrogens (tertiary/aromatic N) is 9. The molecule has 6 saturated heterocycles. The van der Waals surface area contributed by atoms with E-state index in [1.807, 2.05) is 105 Å². The number of amidine groups is 3. The lowest BCUT2D eigenvalue weighted by molar-refractivity contribution is -0.158. The first-order valence-electron chi connectivity index (χ1n) is 45.6. The van der Waals surface area contributed by atoms with Crippen LogP contribution in [0.25, 0.3) is 0 Å². The average Bonchev–Trinajstić information content (AvgIpc) is 1.64. The Morgan fingerprint density at radius 3 is 1.34 bits per heavy atom. The Kier molecular flexibility index (Phi) is 43.0. The van der Waals surface area contributed by atoms with Gasteiger partial charge in [-0.2, -0.15) is 5.26 Å². The van der Waals surface area contributed by atoms with Gasteiger partial charge in [0.05, 0.1) is 58.0 Å². The van der Waals surface area contributed by atoms with Gasteiger partial charge < -0.3 is 75.9 Å². The molecule has 7 aliphatic heterocycles. The van der Waals surface area contributed by atoms with Crippen LogP contribution < -0.4 is 27.4 Å². The van der Waals surface area contributed by atoms with Gasteiger partial charge in [-0.25, -0.2) is 14.4 Å². The van der Waals surface area contributed by atoms with Crippen molar-refractivity contribution in [1.29, 1.82) is 5.26 Å². The third-order valence-electron chi connectivity index (χ3n) is 25.3. The Balaban J connectivity index is 0.000000226. The number of aliphatic imine (C=N–C) groups is 1. The van der Waals surface area contributed by atoms with Gasteiger partial charge in [0.2, 0.25) is 6.19 Å². The fraction of sp³-hybridized carbons (Fsp3) is 0.629. The van der Waals surface area contributed by atoms with E-state index in [0.29, 0.717) is 134 Å². The summed E-state index contributed by atoms with van der Waals surface area (Å²) >= 11 is 25.3. The number of nitriles is 1. The average molecular weight is 2000 g/mol. The lowest BCUT2D eigenvalue weighted by Gasteiger charge is -2.46. The highest BCUT2D eigenvalue weighted by molar-refractivity contribution is 8.13. The number of nitrogens with one attached hydrogen (secondary N) is 3. The van der Waals surface area contributed by atoms with E-state index in [4.69, 9.17) is 107 Å². The Labute approximate surface area is 827 Å². The zero-order valence-corrected chi connectivity index (χ0v) is 85.6. The summed E-state index contributed by atoms with van der Waals surface area (Å²) in [5, 5.41) is 46.3. The van der Waals surface area contributed by atoms with Crippen LogP contribution in [0.5, 0.6) is 0 Å². The Hall–Kier alpha value is -7.65. The normalized spacial score (nSPS) is 25.6. The molecule has 12 atom stereocenters. The van der Waals surface area contributed by atoms with Gasteiger partial charge in [-0.1, -0.05) is 162 Å². The van der Waals surface area contributed by atoms with Crippen molar-refractivity contribution in [2.75, 3.05) is 85.0 Å². The Morgan fingerprint density at radius 1 is 0.582 bits per heavy atom. The molecular weight excluding hydrogens is 1860 g/mol. The Morgan fingerprint density at radius 2 is 0.970 bits per heavy atom. The fourth-order valence-electron chi connectivity index (χ4n) is 16.2. The molecule has 37 heteroatoms. The van der Waals surface area contributed by atoms with Crippen LogP contribution in [0.15, 0.2) is 112 Å². The van der Waals surface area contributed by atoms with Crippen molar-refractivity contribution in [2.24, 2.45) is 54.2 Å². The quantitative estimate of drug-likeness (QED) is 0.0293. The van der Waals surface area contributed by atoms with Crippen LogP contribution in [0.2, 0.25) is 20.1 Å². The van der Waals surface area contributed by atoms with Crippen LogP contribution in [-0.4, -0.2) is 268 Å². The van der Waals surface area contributed by atoms with E-state index in [1.54, 1.807) is 44.0 Å². The number of piperidine rings is 2. The summed E-state index contributed by atoms with van der Waals surface area (Å²) < 4.78 is 34.2. The molecule has 0 aromatic heterocycles. The van der Waals surface area contributed by atoms with Crippen molar-refractivity contribution < 1.29 is 77.0 Å². The van der Waals surface area contributed by atoms with Crippen molar-refractivity contribution in [3.05, 3.63) is 139 Å². The molecule has 7 heterocycles. The number of benzene rings is 4. The summed E-state index contributed by atoms with van der Waals surface area (Å²) in [4.78, 5) is 108. The van der Waals surface area contributed by atoms with Crippen LogP contribution in [-0.2, 0) is 82.9 Å². The largest absolute Gasteiger partial charge is 0.481 e. The molecule has 9 N–H and O–H groups in total. The second kappa shape index (κ2) is 50.8. The van der Waals surface area contributed by atoms with E-state index < -0.39 is 47.5 Å². The number of carbonyl (C=O) groups excluding carboxylic acids is 6. The standard InChI is InChI=1S/C26H36ClN5O2.C22H31ClN2O4.C17H23ClN2O2.C17H22ClNO5.C8H11N3OS.C5H11N.C2H4O2.2ClH/c1-26(2)14-18(26)12-22(33)23-15-32(21(16-34-23)11-17-3-5-19(27)6-4-17)20-7-9-31(10-8-20)25-13-24(28)29-30-25;1-21(2,3)29-20(27)25-12-17(19(26)24-18-11-22(18,4)5)28-13-16(25)10-14-6-8-15(23)9-7-14;1-17(2)8-15(17)20-16(21)14-9-19-13(10-22-14)7-11-3-5-12(18)6-4-11;1-17(2,3)24-16(22)19-9-14(15(20)21)23-10-13(19)8-11-4-6-12(18)7-5-11;1-13-8(10-6-9)11-4-2-7(12)3-5-11;1-5(2)3-4(5)6;1-2(3)4;;/h3-6,18,20-21,23H,7-16H2,1-2H3,(H2,28,29);6-9,16-18H,10-13H2,1-5H3,(H,24,26);3-6,13-15,19H,7-10H2,1-2H3,(H,20,21);4-7,13-14H,8-10H2,1-3H3,(H,20,21);2-5H2,1H3;4H,3,6H2,1-2H3;1H3,(H,3,4);2*1H/t18?,21-,23+;16-,17+,18?;13-,14+,15?;13-,14+;;;;;/m0000...../s1. The summed E-state index contributed by atoms with van der Waals surface area (Å²) in [5.41, 5.74) is 15.7. The van der Waals surface area contributed by atoms with E-state index in [0.717, 1.165) is 97.1 Å². The van der Waals surface area contributed by atoms with Crippen molar-refractivity contribution in [3.8, 4) is 6.19 Å². The molecule has 4 aliphatic carbocycles. The van der Waals surface area contributed by atoms with Gasteiger partial charge in [0, 0.05) is 122 Å². The number of hydrogen-bond acceptors (Lipinski definition) is 24. The number of morpholine rings is 4. The number of ketones is 2. The van der Waals surface area contributed by atoms with Gasteiger partial charge in [0.15, 0.2) is 23.2 Å². The number of likely N-dealkylation sites (tertiary alicyclic amines) is 2. The first-order valence-corrected chi connectivity index (χ1v) is 48.3. The number of ether oxygens (including phenoxy) is 6. The monoisotopic (exact) mass is 2000 g/mol. The second-order valence-electron chi connectivity index (χ2n) is 40.6. The number of halogens is 6. The molecule has 11 aliphatic rings. The maximum atomic E-state index is 13.1. The first-order chi connectivity index (χ1) is 61.9. The first kappa shape index (κ1) is 113. The van der Waals surface area contributed by atoms with Gasteiger partial charge in [0.25, 0.3) is 17.8 Å². The number of amides is 4. The highest BCUT2D eigenvalue weighted by Crippen LogP contribution is 2.54. The summed E-state index contributed by atoms with van der Waals surface area (Å²) in [6.45, 7) is 35.6. The minimum Gasteiger partial charge on any atom is -0.481 e. The number of Topliss-reactive ketones (excluding diaryl/α,β-unsaturated/α-hetero) is 2. The second-order valence-corrected chi connectivity index (χ2v) is 43.1. The van der Waals surface area contributed by atoms with E-state index in [9.17, 15) is 33.6 Å². The maximum absolute atomic E-state index is 13.1. The number of aliphatic carboxylic acids is 2. The molecule has 742 valence electrons. The van der Waals surface area contributed by atoms with E-state index >= 15 is 0 Å². The number of carbonyl (C=O) groups is 8. The summed E-state index contributed by atoms with van der Waals surface area (Å²) in [6.07, 6.45) is 12.0. The molecule has 4 unspecified atom stereocenters. The molecule has 0 radical (unpaired) electrons. The SMILES string of the molecule is CC(=O)O.CC(C)(C)OC(=O)N1C[C@H](C(=O)NC2CC2(C)C)OC[C@@H]1Cc1ccc(Cl)cc1.CC(C)(C)OC(=O)N1C[C@H](C(=O)O)OC[C@@H]1Cc1ccc(Cl)cc1.CC1(C)CC1CC(=O)[C@H]1CN(C2CCN(C3=NN=C(N)C3)CC2)[C@@H](Cc2ccc(Cl)cc2)CO1.CC1(C)CC1N.CC1(C)CC1NC(=O)[C@H]1CN[C@@H](Cc2ccc(Cl)cc2)CO1.CSC(=NC#N)N1CCC(=O)CC1.Cl.Cl. The molecule has 4 aromatic rings. The molecule has 30 nitrogen and oxygen atoms in total. The van der Waals surface area contributed by atoms with Gasteiger partial charge in [-0.3, -0.25) is 38.7 Å². The van der Waals surface area contributed by atoms with Crippen molar-refractivity contribution in [2.45, 2.75) is 278 Å². The van der Waals surface area contributed by atoms with E-state index in [1.165, 1.54) is 34.2 Å². The summed E-state index contributed by atoms with van der Waals surface area (Å²) in [5.74, 6) is 0.573. The number of hydrogen-bond donors (Lipinski definition) is 7. The Bertz CT molecular complexity index is 4680. The molecule has 4 amide bonds. The minimum absolute atomic E-state index is 0. The zero-order chi connectivity index (χ0) is 97.0. The summed E-state index contributed by atoms with van der Waals surface area (Å²) in [6, 6.07) is 32.1. The molecule has 4 saturated carbocycles. The zero-order valence-electron chi connectivity index (χ0n) is 80.2. The van der Waals surface area contributed by atoms with Crippen molar-refractivity contribution >= 4 is 147 Å². The van der Waals surface area contributed by atoms with Crippen LogP contribution in [0.4, 0.5) is 9.59 Å². The molecule has 15 rings (SSSR count). The molecule has 4 aromatic carbocycles. The van der Waals surface area contributed by atoms with Gasteiger partial charge in [-0.05, 0) is 210 Å². The smallest absolute Gasteiger partial charge is 0.410 e. The fourth-order valence-corrected chi connectivity index (χ4v) is 17.2. The third-order valence-corrected chi connectivity index (χ3v) is 27.0. The van der Waals surface area contributed by atoms with E-state index in [2.05, 4.69) is 108 Å². The lowest BCUT2D eigenvalue weighted by Crippen LogP contribution is -2.58. The highest BCUT2D eigenvalue weighted by Gasteiger charge is 2.51. The maximum Gasteiger partial charge on any atom is 0.410 e. The number of rotatable bonds is 17. The van der Waals surface area contributed by atoms with E-state index in [-0.39, 0.29) is 122 Å². The van der Waals surface area contributed by atoms with Crippen LogP contribution in [0.3, 0.4) is 0 Å². The minimum atomic E-state index is -1.09. The molecule has 0 bridgehead atoms. The highest BCUT2D eigenvalue weighted by atomic mass is 35.5. The predicted molar refractivity (Wildman–Crippen MR) is 530 cm³/mol. The number of nitrogens with two attached hydrogens (primary N) is 2. The number of carboxylic acid groups (broad SMARTS) is 2. The molecule has 134 heavy (non-hydrogen) atoms. The third kappa shape index (κ3) is 37.3. The topological polar surface area (TPSA) is 398 Å². The summed E-state index contributed by atoms with van der Waals surface area (Å²) in [7, 11) is 0. The molecule has 0 spiro atoms. The van der Waals surface area contributed by atoms with Crippen molar-refractivity contribution in [1.82, 2.24) is 40.4 Å². The number of thioether (sulfide) groups is 1. The predicted octanol–water partition coefficient (Wildman–Crippen LogP) is 15.0. The van der Waals surface area contributed by atoms with Gasteiger partial charge in [0.1, 0.15) is 40.9 Å². The lowest BCUT2D eigenvalue weighted by atomic mass is 9.94.